The fraction of sp³-hybridized carbons (Fsp3) is 0.500. The van der Waals surface area contributed by atoms with Crippen molar-refractivity contribution in [2.24, 2.45) is 0 Å². The van der Waals surface area contributed by atoms with Gasteiger partial charge >= 0.3 is 7.12 Å². The van der Waals surface area contributed by atoms with Gasteiger partial charge < -0.3 is 9.31 Å². The van der Waals surface area contributed by atoms with Gasteiger partial charge in [0.15, 0.2) is 0 Å². The monoisotopic (exact) mass is 261 g/mol. The molecule has 0 N–H and O–H groups in total. The van der Waals surface area contributed by atoms with Gasteiger partial charge in [0.2, 0.25) is 0 Å². The largest absolute Gasteiger partial charge is 0.498 e. The summed E-state index contributed by atoms with van der Waals surface area (Å²) < 4.78 is 25.8. The first-order valence-electron chi connectivity index (χ1n) is 6.24. The van der Waals surface area contributed by atoms with E-state index in [1.54, 1.807) is 13.0 Å². The third-order valence-electron chi connectivity index (χ3n) is 3.95. The Morgan fingerprint density at radius 2 is 1.68 bits per heavy atom. The van der Waals surface area contributed by atoms with Crippen molar-refractivity contribution in [3.8, 4) is 6.07 Å². The van der Waals surface area contributed by atoms with Gasteiger partial charge in [0.25, 0.3) is 0 Å². The molecule has 1 aromatic rings. The van der Waals surface area contributed by atoms with Gasteiger partial charge in [0.1, 0.15) is 5.82 Å². The highest BCUT2D eigenvalue weighted by molar-refractivity contribution is 6.62. The molecular formula is C14H17BFNO2. The standard InChI is InChI=1S/C14H17BFNO2/c1-9-6-10(8-17)7-11(16)12(9)15-18-13(2,3)14(4,5)19-15/h6-7H,1-5H3. The number of hydrogen-bond acceptors (Lipinski definition) is 3. The van der Waals surface area contributed by atoms with Gasteiger partial charge in [-0.3, -0.25) is 0 Å². The summed E-state index contributed by atoms with van der Waals surface area (Å²) in [6.45, 7) is 9.44. The van der Waals surface area contributed by atoms with Gasteiger partial charge in [-0.25, -0.2) is 4.39 Å². The number of halogens is 1. The van der Waals surface area contributed by atoms with Crippen molar-refractivity contribution in [1.82, 2.24) is 0 Å². The maximum Gasteiger partial charge on any atom is 0.498 e. The van der Waals surface area contributed by atoms with Crippen molar-refractivity contribution >= 4 is 12.6 Å². The molecule has 0 aliphatic carbocycles. The third-order valence-corrected chi connectivity index (χ3v) is 3.95. The molecule has 2 rings (SSSR count). The number of benzene rings is 1. The summed E-state index contributed by atoms with van der Waals surface area (Å²) in [4.78, 5) is 0. The summed E-state index contributed by atoms with van der Waals surface area (Å²) in [6.07, 6.45) is 0. The molecule has 0 aromatic heterocycles. The fourth-order valence-electron chi connectivity index (χ4n) is 2.08. The predicted molar refractivity (Wildman–Crippen MR) is 71.6 cm³/mol. The lowest BCUT2D eigenvalue weighted by Crippen LogP contribution is -2.41. The molecule has 0 saturated carbocycles. The lowest BCUT2D eigenvalue weighted by Gasteiger charge is -2.32. The molecule has 1 saturated heterocycles. The van der Waals surface area contributed by atoms with Crippen LogP contribution in [-0.4, -0.2) is 18.3 Å². The van der Waals surface area contributed by atoms with Crippen molar-refractivity contribution in [3.05, 3.63) is 29.1 Å². The van der Waals surface area contributed by atoms with E-state index in [0.717, 1.165) is 0 Å². The predicted octanol–water partition coefficient (Wildman–Crippen LogP) is 2.31. The lowest BCUT2D eigenvalue weighted by molar-refractivity contribution is 0.00578. The average molecular weight is 261 g/mol. The van der Waals surface area contributed by atoms with E-state index >= 15 is 0 Å². The van der Waals surface area contributed by atoms with E-state index < -0.39 is 24.1 Å². The summed E-state index contributed by atoms with van der Waals surface area (Å²) in [6, 6.07) is 4.80. The minimum atomic E-state index is -0.738. The van der Waals surface area contributed by atoms with E-state index in [1.807, 2.05) is 33.8 Å². The Kier molecular flexibility index (Phi) is 3.20. The molecule has 0 bridgehead atoms. The minimum Gasteiger partial charge on any atom is -0.399 e. The molecule has 1 aliphatic rings. The average Bonchev–Trinajstić information content (AvgIpc) is 2.46. The Morgan fingerprint density at radius 3 is 2.11 bits per heavy atom. The zero-order valence-corrected chi connectivity index (χ0v) is 11.9. The fourth-order valence-corrected chi connectivity index (χ4v) is 2.08. The maximum absolute atomic E-state index is 14.1. The van der Waals surface area contributed by atoms with Crippen molar-refractivity contribution in [3.63, 3.8) is 0 Å². The molecule has 1 fully saturated rings. The molecule has 1 aliphatic heterocycles. The molecule has 0 atom stereocenters. The zero-order valence-electron chi connectivity index (χ0n) is 11.9. The van der Waals surface area contributed by atoms with Crippen LogP contribution in [0.3, 0.4) is 0 Å². The van der Waals surface area contributed by atoms with Gasteiger partial charge in [-0.15, -0.1) is 0 Å². The van der Waals surface area contributed by atoms with E-state index in [1.165, 1.54) is 6.07 Å². The normalized spacial score (nSPS) is 20.4. The van der Waals surface area contributed by atoms with Gasteiger partial charge in [0.05, 0.1) is 22.8 Å². The SMILES string of the molecule is Cc1cc(C#N)cc(F)c1B1OC(C)(C)C(C)(C)O1. The van der Waals surface area contributed by atoms with E-state index in [2.05, 4.69) is 0 Å². The second-order valence-electron chi connectivity index (χ2n) is 5.89. The van der Waals surface area contributed by atoms with Crippen LogP contribution in [0.15, 0.2) is 12.1 Å². The highest BCUT2D eigenvalue weighted by Crippen LogP contribution is 2.36. The van der Waals surface area contributed by atoms with Crippen LogP contribution in [0.2, 0.25) is 0 Å². The molecule has 0 radical (unpaired) electrons. The van der Waals surface area contributed by atoms with Crippen LogP contribution in [0.1, 0.15) is 38.8 Å². The second kappa shape index (κ2) is 4.33. The molecular weight excluding hydrogens is 244 g/mol. The Bertz CT molecular complexity index is 524. The van der Waals surface area contributed by atoms with Crippen molar-refractivity contribution in [1.29, 1.82) is 5.26 Å². The molecule has 19 heavy (non-hydrogen) atoms. The van der Waals surface area contributed by atoms with Crippen LogP contribution in [0.4, 0.5) is 4.39 Å². The molecule has 100 valence electrons. The summed E-state index contributed by atoms with van der Waals surface area (Å²) >= 11 is 0. The number of nitrogens with zero attached hydrogens (tertiary/aromatic N) is 1. The molecule has 3 nitrogen and oxygen atoms in total. The number of nitriles is 1. The third kappa shape index (κ3) is 2.26. The van der Waals surface area contributed by atoms with Crippen LogP contribution in [0, 0.1) is 24.1 Å². The summed E-state index contributed by atoms with van der Waals surface area (Å²) in [5.74, 6) is -0.463. The number of rotatable bonds is 1. The molecule has 1 heterocycles. The van der Waals surface area contributed by atoms with Crippen molar-refractivity contribution < 1.29 is 13.7 Å². The van der Waals surface area contributed by atoms with E-state index in [9.17, 15) is 4.39 Å². The topological polar surface area (TPSA) is 42.2 Å². The first-order chi connectivity index (χ1) is 8.68. The van der Waals surface area contributed by atoms with Crippen LogP contribution in [0.25, 0.3) is 0 Å². The Hall–Kier alpha value is -1.38. The maximum atomic E-state index is 14.1. The Morgan fingerprint density at radius 1 is 1.16 bits per heavy atom. The van der Waals surface area contributed by atoms with Crippen LogP contribution in [-0.2, 0) is 9.31 Å². The van der Waals surface area contributed by atoms with Crippen LogP contribution < -0.4 is 5.46 Å². The number of hydrogen-bond donors (Lipinski definition) is 0. The summed E-state index contributed by atoms with van der Waals surface area (Å²) in [5.41, 5.74) is 0.317. The minimum absolute atomic E-state index is 0.301. The zero-order chi connectivity index (χ0) is 14.4. The van der Waals surface area contributed by atoms with E-state index in [4.69, 9.17) is 14.6 Å². The van der Waals surface area contributed by atoms with Gasteiger partial charge in [-0.1, -0.05) is 0 Å². The molecule has 1 aromatic carbocycles. The molecule has 0 spiro atoms. The van der Waals surface area contributed by atoms with E-state index in [0.29, 0.717) is 16.6 Å². The van der Waals surface area contributed by atoms with E-state index in [-0.39, 0.29) is 0 Å². The first kappa shape index (κ1) is 14.0. The Labute approximate surface area is 113 Å². The first-order valence-corrected chi connectivity index (χ1v) is 6.24. The summed E-state index contributed by atoms with van der Waals surface area (Å²) in [7, 11) is -0.738. The highest BCUT2D eigenvalue weighted by Gasteiger charge is 2.52. The van der Waals surface area contributed by atoms with Crippen LogP contribution >= 0.6 is 0 Å². The second-order valence-corrected chi connectivity index (χ2v) is 5.89. The van der Waals surface area contributed by atoms with Crippen LogP contribution in [0.5, 0.6) is 0 Å². The quantitative estimate of drug-likeness (QED) is 0.728. The number of aryl methyl sites for hydroxylation is 1. The highest BCUT2D eigenvalue weighted by atomic mass is 19.1. The lowest BCUT2D eigenvalue weighted by atomic mass is 9.75. The van der Waals surface area contributed by atoms with Gasteiger partial charge in [-0.2, -0.15) is 5.26 Å². The van der Waals surface area contributed by atoms with Gasteiger partial charge in [0, 0.05) is 5.46 Å². The summed E-state index contributed by atoms with van der Waals surface area (Å²) in [5, 5.41) is 8.83. The molecule has 0 unspecified atom stereocenters. The molecule has 5 heteroatoms. The molecule has 0 amide bonds. The van der Waals surface area contributed by atoms with Crippen molar-refractivity contribution in [2.75, 3.05) is 0 Å². The smallest absolute Gasteiger partial charge is 0.399 e. The van der Waals surface area contributed by atoms with Crippen molar-refractivity contribution in [2.45, 2.75) is 45.8 Å². The van der Waals surface area contributed by atoms with Gasteiger partial charge in [-0.05, 0) is 52.3 Å². The Balaban J connectivity index is 2.44.